The minimum atomic E-state index is -0.116. The fourth-order valence-electron chi connectivity index (χ4n) is 2.05. The lowest BCUT2D eigenvalue weighted by molar-refractivity contribution is 0.620. The van der Waals surface area contributed by atoms with Crippen LogP contribution in [0.4, 0.5) is 5.13 Å². The Morgan fingerprint density at radius 2 is 2.28 bits per heavy atom. The van der Waals surface area contributed by atoms with Crippen molar-refractivity contribution in [1.29, 1.82) is 0 Å². The van der Waals surface area contributed by atoms with E-state index in [1.54, 1.807) is 0 Å². The third kappa shape index (κ3) is 1.91. The number of thioether (sulfide) groups is 1. The summed E-state index contributed by atoms with van der Waals surface area (Å²) < 4.78 is 1.39. The quantitative estimate of drug-likeness (QED) is 0.793. The zero-order valence-electron chi connectivity index (χ0n) is 10.2. The van der Waals surface area contributed by atoms with Gasteiger partial charge in [0.25, 0.3) is 5.56 Å². The van der Waals surface area contributed by atoms with Crippen LogP contribution in [0, 0.1) is 0 Å². The van der Waals surface area contributed by atoms with Crippen LogP contribution in [0.5, 0.6) is 0 Å². The van der Waals surface area contributed by atoms with Gasteiger partial charge in [-0.15, -0.1) is 5.10 Å². The monoisotopic (exact) mass is 282 g/mol. The molecule has 0 aliphatic carbocycles. The summed E-state index contributed by atoms with van der Waals surface area (Å²) >= 11 is 3.47. The molecule has 0 bridgehead atoms. The van der Waals surface area contributed by atoms with Crippen molar-refractivity contribution >= 4 is 33.2 Å². The van der Waals surface area contributed by atoms with E-state index in [-0.39, 0.29) is 5.56 Å². The van der Waals surface area contributed by atoms with E-state index in [4.69, 9.17) is 0 Å². The first-order valence-corrected chi connectivity index (χ1v) is 7.76. The van der Waals surface area contributed by atoms with Crippen LogP contribution in [0.3, 0.4) is 0 Å². The zero-order valence-corrected chi connectivity index (χ0v) is 11.9. The molecule has 2 atom stereocenters. The van der Waals surface area contributed by atoms with E-state index >= 15 is 0 Å². The largest absolute Gasteiger partial charge is 0.342 e. The molecule has 0 N–H and O–H groups in total. The van der Waals surface area contributed by atoms with Crippen LogP contribution < -0.4 is 10.5 Å². The van der Waals surface area contributed by atoms with Crippen LogP contribution in [-0.2, 0) is 0 Å². The first-order chi connectivity index (χ1) is 8.66. The van der Waals surface area contributed by atoms with Crippen molar-refractivity contribution in [3.8, 4) is 0 Å². The second kappa shape index (κ2) is 4.55. The maximum Gasteiger partial charge on any atom is 0.275 e. The molecule has 0 spiro atoms. The number of aromatic nitrogens is 3. The van der Waals surface area contributed by atoms with Gasteiger partial charge in [-0.3, -0.25) is 4.79 Å². The number of hydrogen-bond donors (Lipinski definition) is 0. The summed E-state index contributed by atoms with van der Waals surface area (Å²) in [5.74, 6) is 1.10. The fourth-order valence-corrected chi connectivity index (χ4v) is 4.14. The van der Waals surface area contributed by atoms with E-state index in [0.717, 1.165) is 17.4 Å². The normalized spacial score (nSPS) is 24.7. The molecule has 2 aromatic heterocycles. The maximum absolute atomic E-state index is 11.7. The van der Waals surface area contributed by atoms with Gasteiger partial charge in [-0.1, -0.05) is 18.3 Å². The zero-order chi connectivity index (χ0) is 12.7. The Balaban J connectivity index is 2.04. The highest BCUT2D eigenvalue weighted by Gasteiger charge is 2.27. The van der Waals surface area contributed by atoms with Crippen molar-refractivity contribution in [1.82, 2.24) is 14.6 Å². The summed E-state index contributed by atoms with van der Waals surface area (Å²) in [6.07, 6.45) is 1.54. The molecule has 1 fully saturated rings. The molecule has 0 amide bonds. The Bertz CT molecular complexity index is 623. The standard InChI is InChI=1S/C11H14N4OS2/c1-7-8(2)17-6-5-14(7)11-13-15-9(16)3-4-12-10(15)18-11/h3-4,7-8H,5-6H2,1-2H3. The third-order valence-electron chi connectivity index (χ3n) is 3.29. The van der Waals surface area contributed by atoms with E-state index in [9.17, 15) is 4.79 Å². The smallest absolute Gasteiger partial charge is 0.275 e. The minimum Gasteiger partial charge on any atom is -0.342 e. The Morgan fingerprint density at radius 3 is 3.06 bits per heavy atom. The van der Waals surface area contributed by atoms with Gasteiger partial charge in [0.15, 0.2) is 0 Å². The van der Waals surface area contributed by atoms with E-state index in [0.29, 0.717) is 16.3 Å². The first kappa shape index (κ1) is 12.0. The molecule has 0 saturated carbocycles. The molecule has 96 valence electrons. The SMILES string of the molecule is CC1SCCN(c2nn3c(=O)ccnc3s2)C1C. The summed E-state index contributed by atoms with van der Waals surface area (Å²) in [7, 11) is 0. The van der Waals surface area contributed by atoms with Gasteiger partial charge in [-0.25, -0.2) is 4.98 Å². The number of fused-ring (bicyclic) bond motifs is 1. The Hall–Kier alpha value is -1.08. The van der Waals surface area contributed by atoms with E-state index < -0.39 is 0 Å². The molecule has 1 saturated heterocycles. The van der Waals surface area contributed by atoms with Crippen molar-refractivity contribution in [3.05, 3.63) is 22.6 Å². The van der Waals surface area contributed by atoms with Gasteiger partial charge in [-0.05, 0) is 6.92 Å². The van der Waals surface area contributed by atoms with Crippen LogP contribution in [0.2, 0.25) is 0 Å². The molecule has 1 aliphatic rings. The second-order valence-corrected chi connectivity index (χ2v) is 6.79. The number of hydrogen-bond acceptors (Lipinski definition) is 6. The molecule has 18 heavy (non-hydrogen) atoms. The van der Waals surface area contributed by atoms with Crippen LogP contribution in [-0.4, -0.2) is 38.2 Å². The van der Waals surface area contributed by atoms with Crippen molar-refractivity contribution in [2.75, 3.05) is 17.2 Å². The number of anilines is 1. The number of nitrogens with zero attached hydrogens (tertiary/aromatic N) is 4. The van der Waals surface area contributed by atoms with Gasteiger partial charge in [0.1, 0.15) is 0 Å². The highest BCUT2D eigenvalue weighted by molar-refractivity contribution is 8.00. The molecular weight excluding hydrogens is 268 g/mol. The maximum atomic E-state index is 11.7. The molecule has 7 heteroatoms. The molecule has 2 aromatic rings. The Morgan fingerprint density at radius 1 is 1.44 bits per heavy atom. The van der Waals surface area contributed by atoms with Gasteiger partial charge < -0.3 is 4.90 Å². The van der Waals surface area contributed by atoms with Crippen LogP contribution in [0.15, 0.2) is 17.1 Å². The average molecular weight is 282 g/mol. The molecule has 2 unspecified atom stereocenters. The lowest BCUT2D eigenvalue weighted by Gasteiger charge is -2.36. The van der Waals surface area contributed by atoms with Gasteiger partial charge in [0, 0.05) is 35.9 Å². The summed E-state index contributed by atoms with van der Waals surface area (Å²) in [6.45, 7) is 5.42. The summed E-state index contributed by atoms with van der Waals surface area (Å²) in [6, 6.07) is 1.87. The summed E-state index contributed by atoms with van der Waals surface area (Å²) in [5.41, 5.74) is -0.116. The Kier molecular flexibility index (Phi) is 3.03. The molecule has 3 heterocycles. The summed E-state index contributed by atoms with van der Waals surface area (Å²) in [4.78, 5) is 18.8. The lowest BCUT2D eigenvalue weighted by Crippen LogP contribution is -2.44. The van der Waals surface area contributed by atoms with Crippen molar-refractivity contribution < 1.29 is 0 Å². The minimum absolute atomic E-state index is 0.116. The molecule has 3 rings (SSSR count). The molecule has 5 nitrogen and oxygen atoms in total. The predicted octanol–water partition coefficient (Wildman–Crippen LogP) is 1.48. The third-order valence-corrected chi connectivity index (χ3v) is 5.59. The van der Waals surface area contributed by atoms with Crippen LogP contribution in [0.25, 0.3) is 4.96 Å². The second-order valence-electron chi connectivity index (χ2n) is 4.37. The molecule has 1 aliphatic heterocycles. The highest BCUT2D eigenvalue weighted by Crippen LogP contribution is 2.30. The molecular formula is C11H14N4OS2. The van der Waals surface area contributed by atoms with Crippen molar-refractivity contribution in [2.24, 2.45) is 0 Å². The van der Waals surface area contributed by atoms with Crippen molar-refractivity contribution in [3.63, 3.8) is 0 Å². The highest BCUT2D eigenvalue weighted by atomic mass is 32.2. The molecule has 0 aromatic carbocycles. The molecule has 0 radical (unpaired) electrons. The van der Waals surface area contributed by atoms with Gasteiger partial charge in [-0.2, -0.15) is 16.3 Å². The fraction of sp³-hybridized carbons (Fsp3) is 0.545. The average Bonchev–Trinajstić information content (AvgIpc) is 2.78. The van der Waals surface area contributed by atoms with E-state index in [1.807, 2.05) is 11.8 Å². The van der Waals surface area contributed by atoms with Crippen molar-refractivity contribution in [2.45, 2.75) is 25.1 Å². The van der Waals surface area contributed by atoms with Crippen LogP contribution >= 0.6 is 23.1 Å². The lowest BCUT2D eigenvalue weighted by atomic mass is 10.2. The predicted molar refractivity (Wildman–Crippen MR) is 75.9 cm³/mol. The first-order valence-electron chi connectivity index (χ1n) is 5.90. The van der Waals surface area contributed by atoms with Gasteiger partial charge in [0.2, 0.25) is 10.1 Å². The van der Waals surface area contributed by atoms with E-state index in [2.05, 4.69) is 28.8 Å². The van der Waals surface area contributed by atoms with Crippen LogP contribution in [0.1, 0.15) is 13.8 Å². The van der Waals surface area contributed by atoms with E-state index in [1.165, 1.54) is 28.1 Å². The summed E-state index contributed by atoms with van der Waals surface area (Å²) in [5, 5.41) is 5.87. The Labute approximate surface area is 113 Å². The van der Waals surface area contributed by atoms with Gasteiger partial charge >= 0.3 is 0 Å². The van der Waals surface area contributed by atoms with Gasteiger partial charge in [0.05, 0.1) is 0 Å². The number of rotatable bonds is 1. The topological polar surface area (TPSA) is 50.5 Å².